The summed E-state index contributed by atoms with van der Waals surface area (Å²) in [5.74, 6) is -0.348. The van der Waals surface area contributed by atoms with E-state index in [1.165, 1.54) is 75.5 Å². The van der Waals surface area contributed by atoms with E-state index >= 15 is 0 Å². The number of unbranched alkanes of at least 4 members (excludes halogenated alkanes) is 13. The lowest BCUT2D eigenvalue weighted by atomic mass is 9.98. The quantitative estimate of drug-likeness (QED) is 0.0716. The summed E-state index contributed by atoms with van der Waals surface area (Å²) in [6, 6.07) is 0. The van der Waals surface area contributed by atoms with Crippen LogP contribution in [0.15, 0.2) is 12.2 Å². The van der Waals surface area contributed by atoms with Gasteiger partial charge in [-0.1, -0.05) is 110 Å². The Balaban J connectivity index is 4.04. The van der Waals surface area contributed by atoms with Gasteiger partial charge in [0.2, 0.25) is 18.2 Å². The topological polar surface area (TPSA) is 83.7 Å². The molecule has 0 heterocycles. The van der Waals surface area contributed by atoms with E-state index in [0.29, 0.717) is 19.0 Å². The van der Waals surface area contributed by atoms with Crippen LogP contribution in [0.25, 0.3) is 0 Å². The molecule has 0 aliphatic heterocycles. The highest BCUT2D eigenvalue weighted by Gasteiger charge is 2.21. The predicted octanol–water partition coefficient (Wildman–Crippen LogP) is 7.01. The number of allylic oxidation sites excluding steroid dienone is 2. The maximum atomic E-state index is 12.9. The van der Waals surface area contributed by atoms with Crippen molar-refractivity contribution in [1.82, 2.24) is 9.80 Å². The molecular weight excluding hydrogens is 462 g/mol. The molecule has 6 nitrogen and oxygen atoms in total. The third-order valence-corrected chi connectivity index (χ3v) is 7.17. The SMILES string of the molecule is CCCCCCCC/C=C\CCCCCCCCN(C=O)CC(=O)N(CC(N)=O)CC(CC)CCCC. The second-order valence-electron chi connectivity index (χ2n) is 10.7. The summed E-state index contributed by atoms with van der Waals surface area (Å²) in [7, 11) is 0. The van der Waals surface area contributed by atoms with Crippen molar-refractivity contribution < 1.29 is 14.4 Å². The third kappa shape index (κ3) is 21.9. The third-order valence-electron chi connectivity index (χ3n) is 7.17. The molecule has 37 heavy (non-hydrogen) atoms. The number of carbonyl (C=O) groups excluding carboxylic acids is 3. The Bertz CT molecular complexity index is 594. The second kappa shape index (κ2) is 25.8. The van der Waals surface area contributed by atoms with E-state index in [-0.39, 0.29) is 19.0 Å². The summed E-state index contributed by atoms with van der Waals surface area (Å²) in [6.07, 6.45) is 27.0. The van der Waals surface area contributed by atoms with Crippen molar-refractivity contribution in [2.75, 3.05) is 26.2 Å². The highest BCUT2D eigenvalue weighted by molar-refractivity contribution is 5.85. The Hall–Kier alpha value is -1.85. The minimum atomic E-state index is -0.510. The largest absolute Gasteiger partial charge is 0.368 e. The summed E-state index contributed by atoms with van der Waals surface area (Å²) in [4.78, 5) is 39.0. The second-order valence-corrected chi connectivity index (χ2v) is 10.7. The van der Waals surface area contributed by atoms with Crippen LogP contribution < -0.4 is 5.73 Å². The van der Waals surface area contributed by atoms with E-state index in [1.54, 1.807) is 4.90 Å². The van der Waals surface area contributed by atoms with Gasteiger partial charge in [0.1, 0.15) is 0 Å². The van der Waals surface area contributed by atoms with E-state index in [0.717, 1.165) is 51.4 Å². The number of hydrogen-bond acceptors (Lipinski definition) is 3. The maximum Gasteiger partial charge on any atom is 0.242 e. The highest BCUT2D eigenvalue weighted by atomic mass is 16.2. The van der Waals surface area contributed by atoms with Gasteiger partial charge in [-0.15, -0.1) is 0 Å². The average molecular weight is 522 g/mol. The first-order valence-electron chi connectivity index (χ1n) is 15.4. The van der Waals surface area contributed by atoms with Gasteiger partial charge in [-0.05, 0) is 44.4 Å². The monoisotopic (exact) mass is 521 g/mol. The van der Waals surface area contributed by atoms with Crippen LogP contribution >= 0.6 is 0 Å². The van der Waals surface area contributed by atoms with Gasteiger partial charge in [0.25, 0.3) is 0 Å². The van der Waals surface area contributed by atoms with Gasteiger partial charge < -0.3 is 15.5 Å². The first-order valence-corrected chi connectivity index (χ1v) is 15.4. The normalized spacial score (nSPS) is 12.1. The summed E-state index contributed by atoms with van der Waals surface area (Å²) < 4.78 is 0. The molecule has 216 valence electrons. The van der Waals surface area contributed by atoms with Crippen LogP contribution in [0, 0.1) is 5.92 Å². The van der Waals surface area contributed by atoms with Gasteiger partial charge >= 0.3 is 0 Å². The van der Waals surface area contributed by atoms with Gasteiger partial charge in [-0.25, -0.2) is 0 Å². The molecule has 0 saturated carbocycles. The number of nitrogens with two attached hydrogens (primary N) is 1. The molecule has 0 rings (SSSR count). The molecule has 0 aromatic carbocycles. The number of nitrogens with zero attached hydrogens (tertiary/aromatic N) is 2. The Morgan fingerprint density at radius 3 is 1.78 bits per heavy atom. The number of carbonyl (C=O) groups is 3. The lowest BCUT2D eigenvalue weighted by molar-refractivity contribution is -0.138. The summed E-state index contributed by atoms with van der Waals surface area (Å²) in [5.41, 5.74) is 5.39. The van der Waals surface area contributed by atoms with Crippen molar-refractivity contribution in [1.29, 1.82) is 0 Å². The molecule has 2 N–H and O–H groups in total. The smallest absolute Gasteiger partial charge is 0.242 e. The van der Waals surface area contributed by atoms with Crippen LogP contribution in [0.4, 0.5) is 0 Å². The minimum absolute atomic E-state index is 0.0199. The molecule has 0 radical (unpaired) electrons. The van der Waals surface area contributed by atoms with Crippen LogP contribution in [-0.2, 0) is 14.4 Å². The van der Waals surface area contributed by atoms with Gasteiger partial charge in [0, 0.05) is 13.1 Å². The predicted molar refractivity (Wildman–Crippen MR) is 156 cm³/mol. The molecule has 0 saturated heterocycles. The molecule has 0 aliphatic carbocycles. The minimum Gasteiger partial charge on any atom is -0.368 e. The van der Waals surface area contributed by atoms with Crippen LogP contribution in [0.5, 0.6) is 0 Å². The molecule has 3 amide bonds. The molecule has 0 spiro atoms. The molecule has 1 unspecified atom stereocenters. The van der Waals surface area contributed by atoms with Crippen LogP contribution in [0.2, 0.25) is 0 Å². The molecule has 0 fully saturated rings. The van der Waals surface area contributed by atoms with Crippen LogP contribution in [-0.4, -0.2) is 54.2 Å². The van der Waals surface area contributed by atoms with Crippen LogP contribution in [0.1, 0.15) is 136 Å². The van der Waals surface area contributed by atoms with Crippen molar-refractivity contribution >= 4 is 18.2 Å². The van der Waals surface area contributed by atoms with E-state index in [1.807, 2.05) is 0 Å². The molecule has 0 aromatic heterocycles. The molecule has 0 aromatic rings. The van der Waals surface area contributed by atoms with Crippen molar-refractivity contribution in [2.24, 2.45) is 11.7 Å². The zero-order valence-corrected chi connectivity index (χ0v) is 24.6. The average Bonchev–Trinajstić information content (AvgIpc) is 2.88. The summed E-state index contributed by atoms with van der Waals surface area (Å²) in [6.45, 7) is 7.56. The molecule has 1 atom stereocenters. The zero-order chi connectivity index (χ0) is 27.6. The Kier molecular flexibility index (Phi) is 24.5. The number of hydrogen-bond donors (Lipinski definition) is 1. The highest BCUT2D eigenvalue weighted by Crippen LogP contribution is 2.15. The van der Waals surface area contributed by atoms with Gasteiger partial charge in [0.15, 0.2) is 0 Å². The lowest BCUT2D eigenvalue weighted by Crippen LogP contribution is -2.46. The van der Waals surface area contributed by atoms with E-state index < -0.39 is 5.91 Å². The zero-order valence-electron chi connectivity index (χ0n) is 24.6. The van der Waals surface area contributed by atoms with Gasteiger partial charge in [-0.3, -0.25) is 14.4 Å². The first kappa shape index (κ1) is 35.2. The summed E-state index contributed by atoms with van der Waals surface area (Å²) >= 11 is 0. The molecular formula is C31H59N3O3. The van der Waals surface area contributed by atoms with Crippen LogP contribution in [0.3, 0.4) is 0 Å². The maximum absolute atomic E-state index is 12.9. The van der Waals surface area contributed by atoms with E-state index in [4.69, 9.17) is 5.73 Å². The van der Waals surface area contributed by atoms with E-state index in [2.05, 4.69) is 32.9 Å². The first-order chi connectivity index (χ1) is 18.0. The fourth-order valence-corrected chi connectivity index (χ4v) is 4.68. The molecule has 0 aliphatic rings. The van der Waals surface area contributed by atoms with Gasteiger partial charge in [-0.2, -0.15) is 0 Å². The molecule has 6 heteroatoms. The van der Waals surface area contributed by atoms with E-state index in [9.17, 15) is 14.4 Å². The standard InChI is InChI=1S/C31H59N3O3/c1-4-7-9-10-11-12-13-14-15-16-17-18-19-20-21-22-24-33(28-35)27-31(37)34(26-30(32)36)25-29(6-3)23-8-5-2/h14-15,28-29H,4-13,16-27H2,1-3H3,(H2,32,36)/b15-14-. The number of primary amides is 1. The van der Waals surface area contributed by atoms with Crippen molar-refractivity contribution in [3.05, 3.63) is 12.2 Å². The van der Waals surface area contributed by atoms with Gasteiger partial charge in [0.05, 0.1) is 13.1 Å². The molecule has 0 bridgehead atoms. The fraction of sp³-hybridized carbons (Fsp3) is 0.839. The Labute approximate surface area is 228 Å². The lowest BCUT2D eigenvalue weighted by Gasteiger charge is -2.28. The summed E-state index contributed by atoms with van der Waals surface area (Å²) in [5, 5.41) is 0. The Morgan fingerprint density at radius 2 is 1.27 bits per heavy atom. The number of amides is 3. The Morgan fingerprint density at radius 1 is 0.730 bits per heavy atom. The van der Waals surface area contributed by atoms with Crippen molar-refractivity contribution in [2.45, 2.75) is 136 Å². The number of rotatable bonds is 27. The van der Waals surface area contributed by atoms with Crippen molar-refractivity contribution in [3.8, 4) is 0 Å². The fourth-order valence-electron chi connectivity index (χ4n) is 4.68. The van der Waals surface area contributed by atoms with Crippen molar-refractivity contribution in [3.63, 3.8) is 0 Å².